The number of rotatable bonds is 5. The molecule has 3 aromatic carbocycles. The molecule has 5 nitrogen and oxygen atoms in total. The van der Waals surface area contributed by atoms with Gasteiger partial charge < -0.3 is 10.1 Å². The highest BCUT2D eigenvalue weighted by molar-refractivity contribution is 9.10. The summed E-state index contributed by atoms with van der Waals surface area (Å²) in [5.74, 6) is -0.0741. The summed E-state index contributed by atoms with van der Waals surface area (Å²) in [5.41, 5.74) is 4.52. The average molecular weight is 489 g/mol. The van der Waals surface area contributed by atoms with Gasteiger partial charge in [0.05, 0.1) is 11.8 Å². The van der Waals surface area contributed by atoms with Gasteiger partial charge in [-0.25, -0.2) is 4.79 Å². The van der Waals surface area contributed by atoms with E-state index in [1.165, 1.54) is 6.21 Å². The van der Waals surface area contributed by atoms with Crippen LogP contribution in [0.15, 0.2) is 82.4 Å². The Balaban J connectivity index is 1.67. The van der Waals surface area contributed by atoms with Crippen LogP contribution in [0, 0.1) is 0 Å². The zero-order valence-electron chi connectivity index (χ0n) is 14.9. The molecule has 0 amide bonds. The molecule has 146 valence electrons. The molecule has 2 N–H and O–H groups in total. The summed E-state index contributed by atoms with van der Waals surface area (Å²) in [7, 11) is 0. The summed E-state index contributed by atoms with van der Waals surface area (Å²) in [6.45, 7) is 0. The van der Waals surface area contributed by atoms with Crippen LogP contribution in [0.5, 0.6) is 5.75 Å². The fourth-order valence-electron chi connectivity index (χ4n) is 2.33. The first-order chi connectivity index (χ1) is 14.0. The van der Waals surface area contributed by atoms with E-state index in [0.29, 0.717) is 27.0 Å². The Morgan fingerprint density at radius 2 is 1.86 bits per heavy atom. The summed E-state index contributed by atoms with van der Waals surface area (Å²) >= 11 is 14.6. The molecule has 0 aliphatic heterocycles. The lowest BCUT2D eigenvalue weighted by atomic mass is 10.2. The number of carbonyl (C=O) groups excluding carboxylic acids is 1. The Labute approximate surface area is 186 Å². The first-order valence-corrected chi connectivity index (χ1v) is 10.0. The highest BCUT2D eigenvalue weighted by atomic mass is 79.9. The summed E-state index contributed by atoms with van der Waals surface area (Å²) in [6.07, 6.45) is 1.52. The summed E-state index contributed by atoms with van der Waals surface area (Å²) in [4.78, 5) is 12.3. The van der Waals surface area contributed by atoms with E-state index in [1.807, 2.05) is 18.2 Å². The Morgan fingerprint density at radius 3 is 2.62 bits per heavy atom. The zero-order chi connectivity index (χ0) is 20.6. The van der Waals surface area contributed by atoms with Gasteiger partial charge in [0.2, 0.25) is 0 Å². The number of hydrazone groups is 1. The Hall–Kier alpha value is -2.74. The van der Waals surface area contributed by atoms with Crippen LogP contribution in [0.1, 0.15) is 15.9 Å². The second kappa shape index (κ2) is 10.2. The van der Waals surface area contributed by atoms with Crippen LogP contribution in [-0.2, 0) is 0 Å². The molecule has 3 aromatic rings. The van der Waals surface area contributed by atoms with Crippen molar-refractivity contribution in [2.24, 2.45) is 5.10 Å². The van der Waals surface area contributed by atoms with Crippen LogP contribution in [0.4, 0.5) is 5.69 Å². The third-order valence-corrected chi connectivity index (χ3v) is 4.56. The molecular weight excluding hydrogens is 474 g/mol. The Morgan fingerprint density at radius 1 is 1.07 bits per heavy atom. The number of halogens is 2. The van der Waals surface area contributed by atoms with E-state index in [0.717, 1.165) is 10.2 Å². The van der Waals surface area contributed by atoms with Gasteiger partial charge in [0.15, 0.2) is 5.11 Å². The van der Waals surface area contributed by atoms with E-state index >= 15 is 0 Å². The molecule has 0 bridgehead atoms. The molecule has 0 saturated carbocycles. The number of nitrogens with one attached hydrogen (secondary N) is 2. The predicted octanol–water partition coefficient (Wildman–Crippen LogP) is 5.64. The third-order valence-electron chi connectivity index (χ3n) is 3.64. The van der Waals surface area contributed by atoms with Crippen LogP contribution in [0.25, 0.3) is 0 Å². The first kappa shape index (κ1) is 21.0. The molecule has 0 aromatic heterocycles. The number of esters is 1. The molecule has 29 heavy (non-hydrogen) atoms. The molecule has 0 radical (unpaired) electrons. The van der Waals surface area contributed by atoms with Gasteiger partial charge in [0.1, 0.15) is 5.75 Å². The van der Waals surface area contributed by atoms with E-state index in [1.54, 1.807) is 54.6 Å². The number of anilines is 1. The van der Waals surface area contributed by atoms with E-state index in [9.17, 15) is 4.79 Å². The molecule has 8 heteroatoms. The molecule has 0 aliphatic rings. The molecule has 0 heterocycles. The topological polar surface area (TPSA) is 62.7 Å². The van der Waals surface area contributed by atoms with Gasteiger partial charge >= 0.3 is 5.97 Å². The second-order valence-electron chi connectivity index (χ2n) is 5.77. The van der Waals surface area contributed by atoms with Gasteiger partial charge in [-0.3, -0.25) is 5.43 Å². The molecule has 0 saturated heterocycles. The van der Waals surface area contributed by atoms with Crippen molar-refractivity contribution in [3.05, 3.63) is 93.4 Å². The summed E-state index contributed by atoms with van der Waals surface area (Å²) < 4.78 is 6.33. The minimum absolute atomic E-state index is 0.293. The van der Waals surface area contributed by atoms with Crippen LogP contribution in [-0.4, -0.2) is 17.3 Å². The lowest BCUT2D eigenvalue weighted by Gasteiger charge is -2.09. The molecule has 0 aliphatic carbocycles. The molecular formula is C21H15BrClN3O2S. The van der Waals surface area contributed by atoms with Crippen molar-refractivity contribution in [3.63, 3.8) is 0 Å². The number of ether oxygens (including phenoxy) is 1. The smallest absolute Gasteiger partial charge is 0.343 e. The quantitative estimate of drug-likeness (QED) is 0.160. The van der Waals surface area contributed by atoms with Crippen LogP contribution >= 0.6 is 39.7 Å². The van der Waals surface area contributed by atoms with Gasteiger partial charge in [-0.05, 0) is 60.7 Å². The van der Waals surface area contributed by atoms with Crippen molar-refractivity contribution in [3.8, 4) is 5.75 Å². The van der Waals surface area contributed by atoms with Crippen molar-refractivity contribution in [2.75, 3.05) is 5.32 Å². The van der Waals surface area contributed by atoms with Gasteiger partial charge in [0.25, 0.3) is 0 Å². The zero-order valence-corrected chi connectivity index (χ0v) is 18.1. The SMILES string of the molecule is O=C(Oc1ccc(Br)cc1/C=N\NC(=S)Nc1cccc(Cl)c1)c1ccccc1. The van der Waals surface area contributed by atoms with Gasteiger partial charge in [0, 0.05) is 20.7 Å². The molecule has 0 atom stereocenters. The minimum Gasteiger partial charge on any atom is -0.422 e. The molecule has 3 rings (SSSR count). The maximum Gasteiger partial charge on any atom is 0.343 e. The van der Waals surface area contributed by atoms with Crippen LogP contribution < -0.4 is 15.5 Å². The minimum atomic E-state index is -0.450. The monoisotopic (exact) mass is 487 g/mol. The normalized spacial score (nSPS) is 10.6. The summed E-state index contributed by atoms with van der Waals surface area (Å²) in [5, 5.41) is 7.98. The van der Waals surface area contributed by atoms with Gasteiger partial charge in [-0.15, -0.1) is 0 Å². The van der Waals surface area contributed by atoms with Crippen molar-refractivity contribution in [2.45, 2.75) is 0 Å². The highest BCUT2D eigenvalue weighted by Crippen LogP contribution is 2.23. The largest absolute Gasteiger partial charge is 0.422 e. The lowest BCUT2D eigenvalue weighted by Crippen LogP contribution is -2.23. The number of nitrogens with zero attached hydrogens (tertiary/aromatic N) is 1. The van der Waals surface area contributed by atoms with E-state index in [2.05, 4.69) is 31.8 Å². The van der Waals surface area contributed by atoms with E-state index in [-0.39, 0.29) is 0 Å². The maximum absolute atomic E-state index is 12.3. The van der Waals surface area contributed by atoms with E-state index < -0.39 is 5.97 Å². The maximum atomic E-state index is 12.3. The number of thiocarbonyl (C=S) groups is 1. The fourth-order valence-corrected chi connectivity index (χ4v) is 3.07. The van der Waals surface area contributed by atoms with Gasteiger partial charge in [-0.2, -0.15) is 5.10 Å². The lowest BCUT2D eigenvalue weighted by molar-refractivity contribution is 0.0734. The van der Waals surface area contributed by atoms with Crippen molar-refractivity contribution < 1.29 is 9.53 Å². The van der Waals surface area contributed by atoms with Crippen LogP contribution in [0.2, 0.25) is 5.02 Å². The standard InChI is InChI=1S/C21H15BrClN3O2S/c22-16-9-10-19(28-20(27)14-5-2-1-3-6-14)15(11-16)13-24-26-21(29)25-18-8-4-7-17(23)12-18/h1-13H,(H2,25,26,29)/b24-13-. The van der Waals surface area contributed by atoms with Crippen LogP contribution in [0.3, 0.4) is 0 Å². The molecule has 0 fully saturated rings. The van der Waals surface area contributed by atoms with Crippen molar-refractivity contribution in [1.82, 2.24) is 5.43 Å². The second-order valence-corrected chi connectivity index (χ2v) is 7.53. The number of hydrogen-bond donors (Lipinski definition) is 2. The highest BCUT2D eigenvalue weighted by Gasteiger charge is 2.11. The first-order valence-electron chi connectivity index (χ1n) is 8.44. The van der Waals surface area contributed by atoms with Gasteiger partial charge in [-0.1, -0.05) is 51.8 Å². The third kappa shape index (κ3) is 6.39. The van der Waals surface area contributed by atoms with Crippen molar-refractivity contribution in [1.29, 1.82) is 0 Å². The number of benzene rings is 3. The predicted molar refractivity (Wildman–Crippen MR) is 124 cm³/mol. The van der Waals surface area contributed by atoms with E-state index in [4.69, 9.17) is 28.6 Å². The Bertz CT molecular complexity index is 1060. The molecule has 0 spiro atoms. The van der Waals surface area contributed by atoms with Crippen molar-refractivity contribution >= 4 is 62.7 Å². The number of hydrogen-bond acceptors (Lipinski definition) is 4. The average Bonchev–Trinajstić information content (AvgIpc) is 2.70. The Kier molecular flexibility index (Phi) is 7.35. The summed E-state index contributed by atoms with van der Waals surface area (Å²) in [6, 6.07) is 21.2. The fraction of sp³-hybridized carbons (Fsp3) is 0. The molecule has 0 unspecified atom stereocenters. The number of carbonyl (C=O) groups is 1.